The molecular weight excluding hydrogens is 224 g/mol. The summed E-state index contributed by atoms with van der Waals surface area (Å²) in [7, 11) is 0. The number of pyridine rings is 1. The lowest BCUT2D eigenvalue weighted by Crippen LogP contribution is -2.41. The molecular formula is C12H17ClN2O. The van der Waals surface area contributed by atoms with Gasteiger partial charge in [0.05, 0.1) is 11.8 Å². The summed E-state index contributed by atoms with van der Waals surface area (Å²) in [5, 5.41) is 10.4. The monoisotopic (exact) mass is 240 g/mol. The highest BCUT2D eigenvalue weighted by Crippen LogP contribution is 2.18. The molecule has 2 rings (SSSR count). The first kappa shape index (κ1) is 11.8. The number of halogens is 1. The molecule has 1 aliphatic rings. The fourth-order valence-electron chi connectivity index (χ4n) is 2.13. The fraction of sp³-hybridized carbons (Fsp3) is 0.583. The van der Waals surface area contributed by atoms with Gasteiger partial charge in [0.25, 0.3) is 0 Å². The average molecular weight is 241 g/mol. The molecule has 1 fully saturated rings. The topological polar surface area (TPSA) is 36.4 Å². The van der Waals surface area contributed by atoms with E-state index in [1.807, 2.05) is 6.07 Å². The molecule has 1 aliphatic heterocycles. The van der Waals surface area contributed by atoms with Crippen LogP contribution in [0.4, 0.5) is 0 Å². The van der Waals surface area contributed by atoms with Crippen molar-refractivity contribution in [2.24, 2.45) is 5.92 Å². The summed E-state index contributed by atoms with van der Waals surface area (Å²) in [6.45, 7) is 4.76. The molecule has 0 aliphatic carbocycles. The third kappa shape index (κ3) is 2.94. The van der Waals surface area contributed by atoms with Crippen molar-refractivity contribution in [2.45, 2.75) is 26.0 Å². The normalized spacial score (nSPS) is 26.9. The second-order valence-corrected chi connectivity index (χ2v) is 4.97. The van der Waals surface area contributed by atoms with E-state index < -0.39 is 0 Å². The largest absolute Gasteiger partial charge is 0.393 e. The van der Waals surface area contributed by atoms with Gasteiger partial charge in [0.15, 0.2) is 0 Å². The lowest BCUT2D eigenvalue weighted by atomic mass is 9.97. The molecule has 1 aromatic rings. The van der Waals surface area contributed by atoms with Crippen molar-refractivity contribution >= 4 is 11.6 Å². The number of hydrogen-bond acceptors (Lipinski definition) is 3. The zero-order valence-corrected chi connectivity index (χ0v) is 10.2. The van der Waals surface area contributed by atoms with Crippen molar-refractivity contribution < 1.29 is 5.11 Å². The van der Waals surface area contributed by atoms with Crippen molar-refractivity contribution in [2.75, 3.05) is 13.1 Å². The standard InChI is InChI=1S/C12H17ClN2O/c1-9-7-15(5-3-12(9)16)8-11-6-10(13)2-4-14-11/h2,4,6,9,12,16H,3,5,7-8H2,1H3. The molecule has 2 heterocycles. The van der Waals surface area contributed by atoms with E-state index in [9.17, 15) is 5.11 Å². The van der Waals surface area contributed by atoms with Gasteiger partial charge in [-0.1, -0.05) is 18.5 Å². The molecule has 0 saturated carbocycles. The third-order valence-corrected chi connectivity index (χ3v) is 3.34. The van der Waals surface area contributed by atoms with Crippen LogP contribution in [-0.2, 0) is 6.54 Å². The van der Waals surface area contributed by atoms with Crippen LogP contribution in [0.15, 0.2) is 18.3 Å². The Balaban J connectivity index is 1.95. The summed E-state index contributed by atoms with van der Waals surface area (Å²) in [6, 6.07) is 3.69. The van der Waals surface area contributed by atoms with E-state index in [1.165, 1.54) is 0 Å². The van der Waals surface area contributed by atoms with Crippen LogP contribution in [0.1, 0.15) is 19.0 Å². The van der Waals surface area contributed by atoms with E-state index in [2.05, 4.69) is 16.8 Å². The first-order valence-electron chi connectivity index (χ1n) is 5.66. The van der Waals surface area contributed by atoms with Gasteiger partial charge in [-0.3, -0.25) is 9.88 Å². The van der Waals surface area contributed by atoms with E-state index >= 15 is 0 Å². The van der Waals surface area contributed by atoms with E-state index in [1.54, 1.807) is 12.3 Å². The number of aromatic nitrogens is 1. The van der Waals surface area contributed by atoms with Crippen molar-refractivity contribution in [1.29, 1.82) is 0 Å². The van der Waals surface area contributed by atoms with E-state index in [4.69, 9.17) is 11.6 Å². The minimum absolute atomic E-state index is 0.149. The van der Waals surface area contributed by atoms with Gasteiger partial charge in [-0.05, 0) is 24.5 Å². The Morgan fingerprint density at radius 3 is 3.12 bits per heavy atom. The molecule has 2 unspecified atom stereocenters. The summed E-state index contributed by atoms with van der Waals surface area (Å²) in [5.41, 5.74) is 0.996. The van der Waals surface area contributed by atoms with Gasteiger partial charge in [-0.25, -0.2) is 0 Å². The van der Waals surface area contributed by atoms with Crippen LogP contribution in [0.3, 0.4) is 0 Å². The Labute approximate surface area is 101 Å². The van der Waals surface area contributed by atoms with E-state index in [-0.39, 0.29) is 6.10 Å². The minimum atomic E-state index is -0.149. The number of nitrogens with zero attached hydrogens (tertiary/aromatic N) is 2. The number of piperidine rings is 1. The van der Waals surface area contributed by atoms with Crippen molar-refractivity contribution in [3.8, 4) is 0 Å². The van der Waals surface area contributed by atoms with Crippen LogP contribution in [0.5, 0.6) is 0 Å². The second kappa shape index (κ2) is 5.13. The molecule has 88 valence electrons. The van der Waals surface area contributed by atoms with Crippen LogP contribution in [-0.4, -0.2) is 34.2 Å². The fourth-order valence-corrected chi connectivity index (χ4v) is 2.31. The first-order chi connectivity index (χ1) is 7.65. The van der Waals surface area contributed by atoms with Gasteiger partial charge in [0.1, 0.15) is 0 Å². The molecule has 1 aromatic heterocycles. The molecule has 0 aromatic carbocycles. The number of aliphatic hydroxyl groups excluding tert-OH is 1. The van der Waals surface area contributed by atoms with Gasteiger partial charge in [-0.15, -0.1) is 0 Å². The average Bonchev–Trinajstić information content (AvgIpc) is 2.24. The number of likely N-dealkylation sites (tertiary alicyclic amines) is 1. The van der Waals surface area contributed by atoms with Crippen LogP contribution < -0.4 is 0 Å². The third-order valence-electron chi connectivity index (χ3n) is 3.11. The summed E-state index contributed by atoms with van der Waals surface area (Å²) >= 11 is 5.92. The summed E-state index contributed by atoms with van der Waals surface area (Å²) in [4.78, 5) is 6.60. The van der Waals surface area contributed by atoms with Crippen LogP contribution in [0.25, 0.3) is 0 Å². The molecule has 0 bridgehead atoms. The Hall–Kier alpha value is -0.640. The Morgan fingerprint density at radius 2 is 2.44 bits per heavy atom. The highest BCUT2D eigenvalue weighted by atomic mass is 35.5. The van der Waals surface area contributed by atoms with Gasteiger partial charge >= 0.3 is 0 Å². The van der Waals surface area contributed by atoms with Crippen molar-refractivity contribution in [3.05, 3.63) is 29.0 Å². The molecule has 16 heavy (non-hydrogen) atoms. The number of hydrogen-bond donors (Lipinski definition) is 1. The number of rotatable bonds is 2. The summed E-state index contributed by atoms with van der Waals surface area (Å²) < 4.78 is 0. The smallest absolute Gasteiger partial charge is 0.0590 e. The quantitative estimate of drug-likeness (QED) is 0.858. The summed E-state index contributed by atoms with van der Waals surface area (Å²) in [6.07, 6.45) is 2.44. The van der Waals surface area contributed by atoms with Crippen LogP contribution >= 0.6 is 11.6 Å². The van der Waals surface area contributed by atoms with Gasteiger partial charge in [0, 0.05) is 30.9 Å². The SMILES string of the molecule is CC1CN(Cc2cc(Cl)ccn2)CCC1O. The molecule has 0 radical (unpaired) electrons. The maximum atomic E-state index is 9.64. The predicted octanol–water partition coefficient (Wildman–Crippen LogP) is 1.94. The molecule has 1 N–H and O–H groups in total. The van der Waals surface area contributed by atoms with Gasteiger partial charge < -0.3 is 5.11 Å². The Bertz CT molecular complexity index is 359. The molecule has 0 spiro atoms. The Kier molecular flexibility index (Phi) is 3.79. The summed E-state index contributed by atoms with van der Waals surface area (Å²) in [5.74, 6) is 0.341. The predicted molar refractivity (Wildman–Crippen MR) is 64.3 cm³/mol. The second-order valence-electron chi connectivity index (χ2n) is 4.53. The molecule has 1 saturated heterocycles. The van der Waals surface area contributed by atoms with Crippen molar-refractivity contribution in [3.63, 3.8) is 0 Å². The van der Waals surface area contributed by atoms with Crippen LogP contribution in [0.2, 0.25) is 5.02 Å². The molecule has 0 amide bonds. The minimum Gasteiger partial charge on any atom is -0.393 e. The zero-order chi connectivity index (χ0) is 11.5. The van der Waals surface area contributed by atoms with E-state index in [0.717, 1.165) is 36.8 Å². The van der Waals surface area contributed by atoms with Crippen LogP contribution in [0, 0.1) is 5.92 Å². The van der Waals surface area contributed by atoms with Gasteiger partial charge in [0.2, 0.25) is 0 Å². The lowest BCUT2D eigenvalue weighted by molar-refractivity contribution is 0.0315. The van der Waals surface area contributed by atoms with E-state index in [0.29, 0.717) is 5.92 Å². The lowest BCUT2D eigenvalue weighted by Gasteiger charge is -2.34. The van der Waals surface area contributed by atoms with Gasteiger partial charge in [-0.2, -0.15) is 0 Å². The highest BCUT2D eigenvalue weighted by molar-refractivity contribution is 6.30. The maximum absolute atomic E-state index is 9.64. The Morgan fingerprint density at radius 1 is 1.62 bits per heavy atom. The number of aliphatic hydroxyl groups is 1. The zero-order valence-electron chi connectivity index (χ0n) is 9.43. The van der Waals surface area contributed by atoms with Crippen molar-refractivity contribution in [1.82, 2.24) is 9.88 Å². The first-order valence-corrected chi connectivity index (χ1v) is 6.04. The molecule has 2 atom stereocenters. The highest BCUT2D eigenvalue weighted by Gasteiger charge is 2.24. The maximum Gasteiger partial charge on any atom is 0.0590 e. The molecule has 3 nitrogen and oxygen atoms in total. The molecule has 4 heteroatoms.